The largest absolute Gasteiger partial charge is 0.497 e. The molecule has 0 saturated carbocycles. The van der Waals surface area contributed by atoms with Crippen molar-refractivity contribution in [3.8, 4) is 11.5 Å². The Morgan fingerprint density at radius 2 is 0.770 bits per heavy atom. The Kier molecular flexibility index (Phi) is 32.4. The van der Waals surface area contributed by atoms with Crippen LogP contribution in [0.5, 0.6) is 11.5 Å². The van der Waals surface area contributed by atoms with Gasteiger partial charge in [-0.25, -0.2) is 0 Å². The molecule has 13 N–H and O–H groups in total. The third-order valence-electron chi connectivity index (χ3n) is 28.8. The fraction of sp³-hybridized carbons (Fsp3) is 0.277. The number of carbonyl (C=O) groups excluding carboxylic acids is 4. The molecule has 13 aromatic carbocycles. The van der Waals surface area contributed by atoms with Crippen LogP contribution < -0.4 is 47.9 Å². The van der Waals surface area contributed by atoms with Crippen molar-refractivity contribution in [2.24, 2.45) is 17.2 Å². The normalized spacial score (nSPS) is 13.8. The minimum atomic E-state index is -0.728. The highest BCUT2D eigenvalue weighted by Gasteiger charge is 2.35. The zero-order chi connectivity index (χ0) is 102. The van der Waals surface area contributed by atoms with Gasteiger partial charge >= 0.3 is 0 Å². The van der Waals surface area contributed by atoms with Gasteiger partial charge < -0.3 is 63.1 Å². The number of aliphatic hydroxyl groups is 2. The average Bonchev–Trinajstić information content (AvgIpc) is 1.62. The summed E-state index contributed by atoms with van der Waals surface area (Å²) in [5.41, 5.74) is 40.0. The molecule has 5 aromatic heterocycles. The first-order chi connectivity index (χ1) is 72.3. The van der Waals surface area contributed by atoms with Gasteiger partial charge in [-0.1, -0.05) is 254 Å². The van der Waals surface area contributed by atoms with Crippen LogP contribution in [0.25, 0.3) is 64.8 Å². The van der Waals surface area contributed by atoms with Crippen molar-refractivity contribution in [1.82, 2.24) is 85.0 Å². The predicted molar refractivity (Wildman–Crippen MR) is 584 cm³/mol. The first kappa shape index (κ1) is 102. The molecule has 4 aliphatic heterocycles. The number of aromatic amines is 1. The second-order valence-electron chi connectivity index (χ2n) is 38.5. The van der Waals surface area contributed by atoms with E-state index in [1.165, 1.54) is 38.6 Å². The van der Waals surface area contributed by atoms with Crippen LogP contribution in [0.15, 0.2) is 273 Å². The Labute approximate surface area is 865 Å². The molecule has 0 radical (unpaired) electrons. The lowest BCUT2D eigenvalue weighted by atomic mass is 10.0. The zero-order valence-corrected chi connectivity index (χ0v) is 84.9. The molecule has 4 aliphatic rings. The van der Waals surface area contributed by atoms with E-state index in [1.807, 2.05) is 144 Å². The summed E-state index contributed by atoms with van der Waals surface area (Å²) in [6.45, 7) is 18.0. The summed E-state index contributed by atoms with van der Waals surface area (Å²) in [6.07, 6.45) is 4.52. The standard InChI is InChI=1S/C33H35N5O3.C30H31N5O3.C28H30ClN5O.C28H31N5O/c1-41-31-14-13-24(27-11-4-5-12-28(27)31)19-37-16-15-30-29(21-37)32(36-38(30)20-25(39)17-34)33(40)35-18-23-9-6-8-22-7-2-3-10-26(22)23;1-38-23-9-10-25-22(17-31-27(25)15-23)18-34-12-11-28-26(19-34)29(33-35(28)13-14-36)30(37)32-16-21-7-4-6-20-5-2-3-8-24(20)21;1-19-9-10-20(15-25(19)29)17-33-13-11-26-24(18-33)27(32-34(26)14-12-30)28(35)31-16-22-7-4-6-21-5-2-3-8-23(21)22;1-20-9-11-21(12-10-20)18-32-15-13-26-25(19-32)27(31-33(26)16-14-29)28(34)30-17-23-7-4-6-22-5-2-3-8-24(22)23/h2-14,25,39H,15-21,34H2,1H3,(H,35,40);2-10,15,17,31,36H,11-14,16,18-19H2,1H3,(H,32,37);2-10,15H,11-14,16-18,30H2,1H3,(H,31,35);2-12H,13-19,29H2,1H3,(H,30,34). The molecule has 9 heterocycles. The number of hydrogen-bond donors (Lipinski definition) is 10. The summed E-state index contributed by atoms with van der Waals surface area (Å²) >= 11 is 6.34. The molecule has 0 spiro atoms. The van der Waals surface area contributed by atoms with Crippen LogP contribution in [0.1, 0.15) is 143 Å². The molecule has 1 unspecified atom stereocenters. The monoisotopic (exact) mass is 2000 g/mol. The van der Waals surface area contributed by atoms with Gasteiger partial charge in [0.1, 0.15) is 11.5 Å². The van der Waals surface area contributed by atoms with Gasteiger partial charge in [0.25, 0.3) is 23.6 Å². The number of rotatable bonds is 31. The number of nitrogens with one attached hydrogen (secondary N) is 5. The molecular weight excluding hydrogens is 1870 g/mol. The van der Waals surface area contributed by atoms with Crippen LogP contribution in [0.3, 0.4) is 0 Å². The number of amides is 4. The summed E-state index contributed by atoms with van der Waals surface area (Å²) in [7, 11) is 3.36. The van der Waals surface area contributed by atoms with Crippen molar-refractivity contribution in [2.45, 2.75) is 150 Å². The fourth-order valence-electron chi connectivity index (χ4n) is 21.1. The Bertz CT molecular complexity index is 7820. The number of methoxy groups -OCH3 is 2. The van der Waals surface area contributed by atoms with Gasteiger partial charge in [0.15, 0.2) is 22.8 Å². The minimum absolute atomic E-state index is 0.0201. The number of fused-ring (bicyclic) bond motifs is 10. The van der Waals surface area contributed by atoms with Crippen LogP contribution >= 0.6 is 11.6 Å². The molecular formula is C119H127ClN20O8. The van der Waals surface area contributed by atoms with Gasteiger partial charge in [-0.2, -0.15) is 20.4 Å². The number of nitrogens with two attached hydrogens (primary N) is 3. The number of benzene rings is 13. The van der Waals surface area contributed by atoms with E-state index in [2.05, 4.69) is 203 Å². The lowest BCUT2D eigenvalue weighted by Crippen LogP contribution is -2.33. The van der Waals surface area contributed by atoms with Gasteiger partial charge in [0.05, 0.1) is 53.1 Å². The third kappa shape index (κ3) is 23.2. The average molecular weight is 2000 g/mol. The molecule has 0 aliphatic carbocycles. The van der Waals surface area contributed by atoms with Gasteiger partial charge in [-0.3, -0.25) is 57.5 Å². The molecule has 29 heteroatoms. The highest BCUT2D eigenvalue weighted by molar-refractivity contribution is 6.31. The highest BCUT2D eigenvalue weighted by atomic mass is 35.5. The molecule has 148 heavy (non-hydrogen) atoms. The number of halogens is 1. The molecule has 0 saturated heterocycles. The van der Waals surface area contributed by atoms with Crippen molar-refractivity contribution in [1.29, 1.82) is 0 Å². The van der Waals surface area contributed by atoms with E-state index in [9.17, 15) is 29.4 Å². The van der Waals surface area contributed by atoms with Crippen LogP contribution in [-0.2, 0) is 130 Å². The van der Waals surface area contributed by atoms with E-state index >= 15 is 0 Å². The molecule has 4 amide bonds. The lowest BCUT2D eigenvalue weighted by Gasteiger charge is -2.28. The SMILES string of the molecule is COc1ccc(CN2CCc3c(c(C(=O)NCc4cccc5ccccc45)nn3CC(O)CN)C2)c2ccccc12.COc1ccc2c(CN3CCc4c(c(C(=O)NCc5cccc6ccccc56)nn4CCO)C3)c[nH]c2c1.Cc1ccc(CN2CCc3c(c(C(=O)NCc4cccc5ccccc45)nn3CCN)C2)cc1.Cc1ccc(CN2CCc3c(c(C(=O)NCc4cccc5ccccc45)nn3CCN)C2)cc1Cl. The van der Waals surface area contributed by atoms with Crippen LogP contribution in [0.4, 0.5) is 0 Å². The Morgan fingerprint density at radius 1 is 0.392 bits per heavy atom. The second kappa shape index (κ2) is 47.2. The maximum absolute atomic E-state index is 13.6. The Balaban J connectivity index is 0.000000124. The Hall–Kier alpha value is -15.1. The van der Waals surface area contributed by atoms with Crippen molar-refractivity contribution in [2.75, 3.05) is 66.6 Å². The number of hydrogen-bond acceptors (Lipinski definition) is 19. The summed E-state index contributed by atoms with van der Waals surface area (Å²) in [5, 5.41) is 64.5. The van der Waals surface area contributed by atoms with Crippen molar-refractivity contribution in [3.63, 3.8) is 0 Å². The first-order valence-corrected chi connectivity index (χ1v) is 51.3. The number of H-pyrrole nitrogens is 1. The number of carbonyl (C=O) groups is 4. The lowest BCUT2D eigenvalue weighted by molar-refractivity contribution is 0.0934. The smallest absolute Gasteiger partial charge is 0.272 e. The zero-order valence-electron chi connectivity index (χ0n) is 84.2. The highest BCUT2D eigenvalue weighted by Crippen LogP contribution is 2.36. The summed E-state index contributed by atoms with van der Waals surface area (Å²) < 4.78 is 18.4. The van der Waals surface area contributed by atoms with E-state index in [4.69, 9.17) is 53.6 Å². The van der Waals surface area contributed by atoms with Crippen molar-refractivity contribution in [3.05, 3.63) is 402 Å². The fourth-order valence-corrected chi connectivity index (χ4v) is 21.3. The first-order valence-electron chi connectivity index (χ1n) is 51.0. The minimum Gasteiger partial charge on any atom is -0.497 e. The molecule has 22 rings (SSSR count). The topological polar surface area (TPSA) is 353 Å². The van der Waals surface area contributed by atoms with E-state index in [0.29, 0.717) is 108 Å². The number of aromatic nitrogens is 9. The second-order valence-corrected chi connectivity index (χ2v) is 38.9. The van der Waals surface area contributed by atoms with Gasteiger partial charge in [-0.15, -0.1) is 0 Å². The molecule has 1 atom stereocenters. The van der Waals surface area contributed by atoms with Gasteiger partial charge in [0, 0.05) is 229 Å². The van der Waals surface area contributed by atoms with E-state index in [-0.39, 0.29) is 43.3 Å². The molecule has 758 valence electrons. The number of ether oxygens (including phenoxy) is 2. The number of aryl methyl sites for hydroxylation is 2. The third-order valence-corrected chi connectivity index (χ3v) is 29.2. The van der Waals surface area contributed by atoms with Crippen LogP contribution in [0, 0.1) is 13.8 Å². The number of aliphatic hydroxyl groups excluding tert-OH is 2. The van der Waals surface area contributed by atoms with E-state index < -0.39 is 6.10 Å². The molecule has 28 nitrogen and oxygen atoms in total. The van der Waals surface area contributed by atoms with Gasteiger partial charge in [0.2, 0.25) is 0 Å². The number of nitrogens with zero attached hydrogens (tertiary/aromatic N) is 12. The maximum Gasteiger partial charge on any atom is 0.272 e. The summed E-state index contributed by atoms with van der Waals surface area (Å²) in [5.74, 6) is 1.00. The van der Waals surface area contributed by atoms with Crippen LogP contribution in [-0.4, -0.2) is 170 Å². The van der Waals surface area contributed by atoms with E-state index in [0.717, 1.165) is 221 Å². The maximum atomic E-state index is 13.6. The quantitative estimate of drug-likeness (QED) is 0.0193. The van der Waals surface area contributed by atoms with Crippen molar-refractivity contribution >= 4 is 100.0 Å². The summed E-state index contributed by atoms with van der Waals surface area (Å²) in [4.78, 5) is 66.5. The van der Waals surface area contributed by atoms with E-state index in [1.54, 1.807) is 23.6 Å². The predicted octanol–water partition coefficient (Wildman–Crippen LogP) is 16.2. The summed E-state index contributed by atoms with van der Waals surface area (Å²) in [6, 6.07) is 90.8. The molecule has 0 bridgehead atoms. The van der Waals surface area contributed by atoms with Crippen molar-refractivity contribution < 1.29 is 38.9 Å². The van der Waals surface area contributed by atoms with Gasteiger partial charge in [-0.05, 0) is 137 Å². The molecule has 18 aromatic rings. The Morgan fingerprint density at radius 3 is 1.18 bits per heavy atom. The molecule has 0 fully saturated rings. The van der Waals surface area contributed by atoms with Crippen LogP contribution in [0.2, 0.25) is 5.02 Å².